The predicted molar refractivity (Wildman–Crippen MR) is 138 cm³/mol. The maximum absolute atomic E-state index is 14.2. The first-order chi connectivity index (χ1) is 18.2. The van der Waals surface area contributed by atoms with Crippen LogP contribution in [0.2, 0.25) is 5.02 Å². The van der Waals surface area contributed by atoms with Crippen LogP contribution in [0.25, 0.3) is 22.0 Å². The lowest BCUT2D eigenvalue weighted by atomic mass is 9.91. The second-order valence-corrected chi connectivity index (χ2v) is 8.93. The molecule has 5 rings (SSSR count). The van der Waals surface area contributed by atoms with Gasteiger partial charge in [0.1, 0.15) is 18.2 Å². The number of carbonyl (C=O) groups excluding carboxylic acids is 1. The van der Waals surface area contributed by atoms with Crippen LogP contribution in [-0.2, 0) is 12.8 Å². The van der Waals surface area contributed by atoms with Gasteiger partial charge in [-0.1, -0.05) is 72.3 Å². The Morgan fingerprint density at radius 2 is 1.66 bits per heavy atom. The second-order valence-electron chi connectivity index (χ2n) is 8.49. The molecule has 0 aliphatic rings. The number of hydrogen-bond donors (Lipinski definition) is 0. The number of ketones is 1. The number of carbonyl (C=O) groups is 1. The van der Waals surface area contributed by atoms with E-state index in [0.717, 1.165) is 6.07 Å². The molecule has 38 heavy (non-hydrogen) atoms. The molecular weight excluding hydrogens is 518 g/mol. The highest BCUT2D eigenvalue weighted by atomic mass is 35.5. The Morgan fingerprint density at radius 3 is 2.39 bits per heavy atom. The maximum atomic E-state index is 14.2. The van der Waals surface area contributed by atoms with Gasteiger partial charge in [-0.25, -0.2) is 4.39 Å². The fourth-order valence-corrected chi connectivity index (χ4v) is 4.38. The van der Waals surface area contributed by atoms with Crippen LogP contribution in [0, 0.1) is 5.82 Å². The Morgan fingerprint density at radius 1 is 0.895 bits per heavy atom. The summed E-state index contributed by atoms with van der Waals surface area (Å²) >= 11 is 5.81. The van der Waals surface area contributed by atoms with Crippen LogP contribution < -0.4 is 4.74 Å². The van der Waals surface area contributed by atoms with Gasteiger partial charge >= 0.3 is 6.18 Å². The summed E-state index contributed by atoms with van der Waals surface area (Å²) in [6, 6.07) is 23.0. The van der Waals surface area contributed by atoms with Crippen molar-refractivity contribution in [2.75, 3.05) is 0 Å². The molecule has 0 saturated carbocycles. The molecule has 0 spiro atoms. The number of pyridine rings is 1. The van der Waals surface area contributed by atoms with E-state index in [2.05, 4.69) is 4.98 Å². The molecule has 0 aliphatic carbocycles. The van der Waals surface area contributed by atoms with E-state index in [-0.39, 0.29) is 45.0 Å². The molecule has 0 N–H and O–H groups in total. The molecule has 0 saturated heterocycles. The third-order valence-electron chi connectivity index (χ3n) is 6.02. The molecule has 5 aromatic rings. The lowest BCUT2D eigenvalue weighted by Gasteiger charge is -2.16. The first-order valence-electron chi connectivity index (χ1n) is 11.5. The van der Waals surface area contributed by atoms with Gasteiger partial charge in [-0.2, -0.15) is 13.2 Å². The van der Waals surface area contributed by atoms with Crippen molar-refractivity contribution in [1.82, 2.24) is 4.98 Å². The summed E-state index contributed by atoms with van der Waals surface area (Å²) < 4.78 is 61.4. The molecule has 0 aliphatic heterocycles. The lowest BCUT2D eigenvalue weighted by molar-refractivity contribution is -0.136. The van der Waals surface area contributed by atoms with Crippen LogP contribution in [-0.4, -0.2) is 10.8 Å². The predicted octanol–water partition coefficient (Wildman–Crippen LogP) is 8.52. The maximum Gasteiger partial charge on any atom is 0.418 e. The topological polar surface area (TPSA) is 39.2 Å². The number of nitrogens with zero attached hydrogens (tertiary/aromatic N) is 1. The Bertz CT molecular complexity index is 1650. The first kappa shape index (κ1) is 25.4. The Labute approximate surface area is 220 Å². The zero-order chi connectivity index (χ0) is 26.9. The molecule has 8 heteroatoms. The molecule has 0 radical (unpaired) electrons. The minimum absolute atomic E-state index is 0.0996. The van der Waals surface area contributed by atoms with E-state index in [1.165, 1.54) is 30.5 Å². The third kappa shape index (κ3) is 5.10. The van der Waals surface area contributed by atoms with Crippen molar-refractivity contribution in [2.45, 2.75) is 12.8 Å². The van der Waals surface area contributed by atoms with Gasteiger partial charge in [0.15, 0.2) is 5.78 Å². The van der Waals surface area contributed by atoms with E-state index in [1.807, 2.05) is 0 Å². The fourth-order valence-electron chi connectivity index (χ4n) is 4.22. The molecule has 0 unspecified atom stereocenters. The minimum atomic E-state index is -4.64. The van der Waals surface area contributed by atoms with Crippen LogP contribution in [0.4, 0.5) is 17.6 Å². The number of alkyl halides is 3. The molecule has 0 bridgehead atoms. The van der Waals surface area contributed by atoms with Crippen LogP contribution in [0.3, 0.4) is 0 Å². The SMILES string of the molecule is O=C(c1ccccc1)c1cnc2c(C(F)(F)F)cccc2c1-c1cccc(OCc2ccc(Cl)cc2F)c1. The van der Waals surface area contributed by atoms with Crippen molar-refractivity contribution in [1.29, 1.82) is 0 Å². The average Bonchev–Trinajstić information content (AvgIpc) is 2.91. The standard InChI is InChI=1S/C30H18ClF4NO2/c31-21-13-12-20(26(32)15-21)17-38-22-9-4-8-19(14-22)27-23-10-5-11-25(30(33,34)35)28(23)36-16-24(27)29(37)18-6-2-1-3-7-18/h1-16H,17H2. The summed E-state index contributed by atoms with van der Waals surface area (Å²) in [6.45, 7) is -0.0996. The van der Waals surface area contributed by atoms with Crippen LogP contribution in [0.1, 0.15) is 27.0 Å². The summed E-state index contributed by atoms with van der Waals surface area (Å²) in [5, 5.41) is 0.425. The highest BCUT2D eigenvalue weighted by Gasteiger charge is 2.34. The molecule has 3 nitrogen and oxygen atoms in total. The number of aromatic nitrogens is 1. The summed E-state index contributed by atoms with van der Waals surface area (Å²) in [4.78, 5) is 17.6. The number of fused-ring (bicyclic) bond motifs is 1. The number of hydrogen-bond acceptors (Lipinski definition) is 3. The normalized spacial score (nSPS) is 11.5. The van der Waals surface area contributed by atoms with E-state index in [0.29, 0.717) is 16.9 Å². The first-order valence-corrected chi connectivity index (χ1v) is 11.9. The molecule has 4 aromatic carbocycles. The zero-order valence-corrected chi connectivity index (χ0v) is 20.4. The number of para-hydroxylation sites is 1. The van der Waals surface area contributed by atoms with Gasteiger partial charge in [0.05, 0.1) is 11.1 Å². The van der Waals surface area contributed by atoms with Gasteiger partial charge in [-0.15, -0.1) is 0 Å². The van der Waals surface area contributed by atoms with Crippen LogP contribution in [0.15, 0.2) is 97.2 Å². The van der Waals surface area contributed by atoms with Crippen molar-refractivity contribution in [2.24, 2.45) is 0 Å². The number of benzene rings is 4. The second kappa shape index (κ2) is 10.3. The van der Waals surface area contributed by atoms with Crippen LogP contribution >= 0.6 is 11.6 Å². The van der Waals surface area contributed by atoms with Crippen molar-refractivity contribution in [3.63, 3.8) is 0 Å². The quantitative estimate of drug-likeness (QED) is 0.161. The van der Waals surface area contributed by atoms with Gasteiger partial charge in [0, 0.05) is 38.9 Å². The van der Waals surface area contributed by atoms with E-state index in [4.69, 9.17) is 16.3 Å². The van der Waals surface area contributed by atoms with Gasteiger partial charge in [0.25, 0.3) is 0 Å². The number of halogens is 5. The van der Waals surface area contributed by atoms with E-state index in [1.54, 1.807) is 60.7 Å². The van der Waals surface area contributed by atoms with Crippen molar-refractivity contribution >= 4 is 28.3 Å². The summed E-state index contributed by atoms with van der Waals surface area (Å²) in [7, 11) is 0. The molecule has 1 heterocycles. The highest BCUT2D eigenvalue weighted by Crippen LogP contribution is 2.39. The Kier molecular flexibility index (Phi) is 6.87. The summed E-state index contributed by atoms with van der Waals surface area (Å²) in [5.41, 5.74) is 0.359. The minimum Gasteiger partial charge on any atom is -0.489 e. The molecule has 1 aromatic heterocycles. The molecular formula is C30H18ClF4NO2. The third-order valence-corrected chi connectivity index (χ3v) is 6.25. The Balaban J connectivity index is 1.64. The largest absolute Gasteiger partial charge is 0.489 e. The number of rotatable bonds is 6. The smallest absolute Gasteiger partial charge is 0.418 e. The van der Waals surface area contributed by atoms with E-state index >= 15 is 0 Å². The average molecular weight is 536 g/mol. The molecule has 190 valence electrons. The molecule has 0 fully saturated rings. The van der Waals surface area contributed by atoms with Gasteiger partial charge in [0.2, 0.25) is 0 Å². The monoisotopic (exact) mass is 535 g/mol. The van der Waals surface area contributed by atoms with Gasteiger partial charge < -0.3 is 4.74 Å². The highest BCUT2D eigenvalue weighted by molar-refractivity contribution is 6.30. The van der Waals surface area contributed by atoms with Gasteiger partial charge in [-0.05, 0) is 35.9 Å². The molecule has 0 atom stereocenters. The van der Waals surface area contributed by atoms with Crippen molar-refractivity contribution in [3.05, 3.63) is 130 Å². The summed E-state index contributed by atoms with van der Waals surface area (Å²) in [5.74, 6) is -0.571. The van der Waals surface area contributed by atoms with E-state index < -0.39 is 17.6 Å². The van der Waals surface area contributed by atoms with Crippen molar-refractivity contribution < 1.29 is 27.1 Å². The zero-order valence-electron chi connectivity index (χ0n) is 19.6. The lowest BCUT2D eigenvalue weighted by Crippen LogP contribution is -2.09. The van der Waals surface area contributed by atoms with Crippen LogP contribution in [0.5, 0.6) is 5.75 Å². The molecule has 0 amide bonds. The van der Waals surface area contributed by atoms with Crippen molar-refractivity contribution in [3.8, 4) is 16.9 Å². The summed E-state index contributed by atoms with van der Waals surface area (Å²) in [6.07, 6.45) is -3.46. The number of ether oxygens (including phenoxy) is 1. The van der Waals surface area contributed by atoms with Gasteiger partial charge in [-0.3, -0.25) is 9.78 Å². The Hall–Kier alpha value is -4.23. The fraction of sp³-hybridized carbons (Fsp3) is 0.0667. The van der Waals surface area contributed by atoms with E-state index in [9.17, 15) is 22.4 Å².